The summed E-state index contributed by atoms with van der Waals surface area (Å²) in [6, 6.07) is 5.05. The molecule has 0 atom stereocenters. The lowest BCUT2D eigenvalue weighted by Gasteiger charge is -2.06. The van der Waals surface area contributed by atoms with E-state index in [1.54, 1.807) is 24.3 Å². The molecule has 1 aliphatic carbocycles. The summed E-state index contributed by atoms with van der Waals surface area (Å²) in [7, 11) is 0. The van der Waals surface area contributed by atoms with Crippen LogP contribution in [-0.4, -0.2) is 24.7 Å². The standard InChI is InChI=1S/C16H13BrN4O2/c17-10-5-6-14(22)9(7-10)8-13-15(23)19-16-18-11-3-1-2-4-12(11)20-21(13)16/h3,5-8,22H,1-2,4H2,(H,18,19,23)/b13-8+. The van der Waals surface area contributed by atoms with E-state index in [2.05, 4.69) is 31.0 Å². The Labute approximate surface area is 138 Å². The Morgan fingerprint density at radius 1 is 1.39 bits per heavy atom. The molecule has 116 valence electrons. The summed E-state index contributed by atoms with van der Waals surface area (Å²) < 4.78 is 2.33. The van der Waals surface area contributed by atoms with Gasteiger partial charge in [0.15, 0.2) is 0 Å². The predicted molar refractivity (Wildman–Crippen MR) is 89.6 cm³/mol. The number of aromatic nitrogens is 4. The molecule has 1 aromatic carbocycles. The molecule has 2 aromatic heterocycles. The zero-order chi connectivity index (χ0) is 16.0. The van der Waals surface area contributed by atoms with Gasteiger partial charge in [0.2, 0.25) is 5.78 Å². The Morgan fingerprint density at radius 3 is 3.13 bits per heavy atom. The Balaban J connectivity index is 2.04. The number of phenols is 1. The quantitative estimate of drug-likeness (QED) is 0.662. The maximum Gasteiger partial charge on any atom is 0.276 e. The zero-order valence-electron chi connectivity index (χ0n) is 12.1. The average molecular weight is 373 g/mol. The van der Waals surface area contributed by atoms with Crippen LogP contribution in [0.3, 0.4) is 0 Å². The maximum absolute atomic E-state index is 12.3. The first-order chi connectivity index (χ1) is 11.1. The second-order valence-corrected chi connectivity index (χ2v) is 6.38. The highest BCUT2D eigenvalue weighted by molar-refractivity contribution is 9.10. The molecule has 2 heterocycles. The molecule has 2 N–H and O–H groups in total. The van der Waals surface area contributed by atoms with E-state index in [0.29, 0.717) is 16.7 Å². The molecule has 6 nitrogen and oxygen atoms in total. The Kier molecular flexibility index (Phi) is 3.30. The van der Waals surface area contributed by atoms with Crippen molar-refractivity contribution < 1.29 is 5.11 Å². The van der Waals surface area contributed by atoms with E-state index in [1.807, 2.05) is 6.08 Å². The van der Waals surface area contributed by atoms with Gasteiger partial charge in [-0.2, -0.15) is 9.61 Å². The topological polar surface area (TPSA) is 83.3 Å². The first-order valence-corrected chi connectivity index (χ1v) is 8.09. The van der Waals surface area contributed by atoms with Crippen molar-refractivity contribution in [2.45, 2.75) is 19.3 Å². The molecule has 0 fully saturated rings. The van der Waals surface area contributed by atoms with Crippen LogP contribution in [0.5, 0.6) is 5.75 Å². The van der Waals surface area contributed by atoms with E-state index in [0.717, 1.165) is 34.8 Å². The smallest absolute Gasteiger partial charge is 0.276 e. The highest BCUT2D eigenvalue weighted by Gasteiger charge is 2.11. The summed E-state index contributed by atoms with van der Waals surface area (Å²) in [5.74, 6) is 0.509. The van der Waals surface area contributed by atoms with Crippen molar-refractivity contribution >= 4 is 33.9 Å². The number of aryl methyl sites for hydroxylation is 1. The summed E-state index contributed by atoms with van der Waals surface area (Å²) in [4.78, 5) is 19.5. The molecule has 0 spiro atoms. The number of halogens is 1. The van der Waals surface area contributed by atoms with E-state index in [4.69, 9.17) is 0 Å². The molecule has 4 rings (SSSR count). The molecule has 0 unspecified atom stereocenters. The number of fused-ring (bicyclic) bond motifs is 2. The number of benzene rings is 1. The number of imidazole rings is 1. The van der Waals surface area contributed by atoms with Crippen molar-refractivity contribution in [1.29, 1.82) is 0 Å². The van der Waals surface area contributed by atoms with Gasteiger partial charge in [-0.1, -0.05) is 22.0 Å². The number of hydrogen-bond donors (Lipinski definition) is 2. The molecule has 0 amide bonds. The molecular formula is C16H13BrN4O2. The van der Waals surface area contributed by atoms with Crippen LogP contribution in [0.15, 0.2) is 27.5 Å². The van der Waals surface area contributed by atoms with Crippen molar-refractivity contribution in [2.24, 2.45) is 0 Å². The van der Waals surface area contributed by atoms with Crippen LogP contribution in [0.25, 0.3) is 17.9 Å². The second-order valence-electron chi connectivity index (χ2n) is 5.46. The second kappa shape index (κ2) is 5.34. The van der Waals surface area contributed by atoms with Crippen molar-refractivity contribution in [3.63, 3.8) is 0 Å². The van der Waals surface area contributed by atoms with Crippen LogP contribution in [0, 0.1) is 0 Å². The molecule has 23 heavy (non-hydrogen) atoms. The van der Waals surface area contributed by atoms with Crippen LogP contribution < -0.4 is 16.3 Å². The van der Waals surface area contributed by atoms with Gasteiger partial charge in [-0.15, -0.1) is 0 Å². The minimum atomic E-state index is -0.285. The minimum absolute atomic E-state index is 0.0989. The summed E-state index contributed by atoms with van der Waals surface area (Å²) >= 11 is 3.36. The third-order valence-electron chi connectivity index (χ3n) is 3.87. The maximum atomic E-state index is 12.3. The number of aromatic hydroxyl groups is 1. The number of H-pyrrole nitrogens is 1. The molecule has 0 saturated heterocycles. The summed E-state index contributed by atoms with van der Waals surface area (Å²) in [6.07, 6.45) is 6.52. The van der Waals surface area contributed by atoms with E-state index in [9.17, 15) is 9.90 Å². The molecule has 0 radical (unpaired) electrons. The number of nitrogens with zero attached hydrogens (tertiary/aromatic N) is 3. The number of phenolic OH excluding ortho intramolecular Hbond substituents is 1. The van der Waals surface area contributed by atoms with Gasteiger partial charge in [0.1, 0.15) is 11.1 Å². The van der Waals surface area contributed by atoms with Crippen molar-refractivity contribution in [3.8, 4) is 5.75 Å². The van der Waals surface area contributed by atoms with E-state index in [1.165, 1.54) is 4.52 Å². The average Bonchev–Trinajstić information content (AvgIpc) is 2.84. The van der Waals surface area contributed by atoms with Gasteiger partial charge in [0.25, 0.3) is 5.56 Å². The van der Waals surface area contributed by atoms with Crippen LogP contribution >= 0.6 is 15.9 Å². The van der Waals surface area contributed by atoms with E-state index >= 15 is 0 Å². The Bertz CT molecular complexity index is 1100. The SMILES string of the molecule is O=c1[nH]c2nc3c(nn2/c1=C/c1cc(Br)ccc1O)CCCC=3. The number of rotatable bonds is 1. The molecule has 0 bridgehead atoms. The molecule has 3 aromatic rings. The molecule has 0 saturated carbocycles. The monoisotopic (exact) mass is 372 g/mol. The van der Waals surface area contributed by atoms with Crippen LogP contribution in [0.4, 0.5) is 0 Å². The fourth-order valence-corrected chi connectivity index (χ4v) is 3.10. The number of hydrogen-bond acceptors (Lipinski definition) is 4. The van der Waals surface area contributed by atoms with Gasteiger partial charge >= 0.3 is 0 Å². The molecule has 7 heteroatoms. The van der Waals surface area contributed by atoms with Gasteiger partial charge in [-0.3, -0.25) is 9.78 Å². The van der Waals surface area contributed by atoms with Gasteiger partial charge in [-0.05, 0) is 43.5 Å². The Hall–Kier alpha value is -2.41. The molecule has 0 aliphatic heterocycles. The first kappa shape index (κ1) is 14.2. The fourth-order valence-electron chi connectivity index (χ4n) is 2.72. The van der Waals surface area contributed by atoms with Crippen molar-refractivity contribution in [2.75, 3.05) is 0 Å². The van der Waals surface area contributed by atoms with Gasteiger partial charge in [0, 0.05) is 10.0 Å². The highest BCUT2D eigenvalue weighted by Crippen LogP contribution is 2.22. The zero-order valence-corrected chi connectivity index (χ0v) is 13.7. The van der Waals surface area contributed by atoms with Crippen LogP contribution in [-0.2, 0) is 6.42 Å². The lowest BCUT2D eigenvalue weighted by atomic mass is 10.1. The molecular weight excluding hydrogens is 360 g/mol. The van der Waals surface area contributed by atoms with Gasteiger partial charge in [-0.25, -0.2) is 4.98 Å². The normalized spacial score (nSPS) is 14.7. The molecule has 1 aliphatic rings. The predicted octanol–water partition coefficient (Wildman–Crippen LogP) is 0.831. The third kappa shape index (κ3) is 2.46. The van der Waals surface area contributed by atoms with Crippen LogP contribution in [0.1, 0.15) is 24.1 Å². The first-order valence-electron chi connectivity index (χ1n) is 7.30. The van der Waals surface area contributed by atoms with E-state index < -0.39 is 0 Å². The van der Waals surface area contributed by atoms with Crippen LogP contribution in [0.2, 0.25) is 0 Å². The lowest BCUT2D eigenvalue weighted by molar-refractivity contribution is 0.474. The van der Waals surface area contributed by atoms with Gasteiger partial charge < -0.3 is 5.11 Å². The van der Waals surface area contributed by atoms with Crippen molar-refractivity contribution in [1.82, 2.24) is 19.6 Å². The highest BCUT2D eigenvalue weighted by atomic mass is 79.9. The summed E-state index contributed by atoms with van der Waals surface area (Å²) in [6.45, 7) is 0. The summed E-state index contributed by atoms with van der Waals surface area (Å²) in [5, 5.41) is 15.7. The van der Waals surface area contributed by atoms with E-state index in [-0.39, 0.29) is 11.3 Å². The summed E-state index contributed by atoms with van der Waals surface area (Å²) in [5.41, 5.74) is 1.14. The third-order valence-corrected chi connectivity index (χ3v) is 4.36. The number of aromatic amines is 1. The Morgan fingerprint density at radius 2 is 2.26 bits per heavy atom. The van der Waals surface area contributed by atoms with Gasteiger partial charge in [0.05, 0.1) is 11.0 Å². The largest absolute Gasteiger partial charge is 0.507 e. The number of nitrogens with one attached hydrogen (secondary N) is 1. The fraction of sp³-hybridized carbons (Fsp3) is 0.188. The lowest BCUT2D eigenvalue weighted by Crippen LogP contribution is -2.30. The minimum Gasteiger partial charge on any atom is -0.507 e. The van der Waals surface area contributed by atoms with Crippen molar-refractivity contribution in [3.05, 3.63) is 55.0 Å².